The summed E-state index contributed by atoms with van der Waals surface area (Å²) in [6, 6.07) is 5.02. The highest BCUT2D eigenvalue weighted by Gasteiger charge is 2.19. The highest BCUT2D eigenvalue weighted by atomic mass is 16.6. The third-order valence-corrected chi connectivity index (χ3v) is 1.85. The lowest BCUT2D eigenvalue weighted by molar-refractivity contribution is -0.386. The van der Waals surface area contributed by atoms with Gasteiger partial charge in [-0.25, -0.2) is 0 Å². The fraction of sp³-hybridized carbons (Fsp3) is 0.333. The molecule has 0 radical (unpaired) electrons. The van der Waals surface area contributed by atoms with Crippen molar-refractivity contribution in [1.82, 2.24) is 5.32 Å². The second kappa shape index (κ2) is 4.57. The highest BCUT2D eigenvalue weighted by Crippen LogP contribution is 2.30. The van der Waals surface area contributed by atoms with Crippen LogP contribution in [0.15, 0.2) is 18.2 Å². The summed E-state index contributed by atoms with van der Waals surface area (Å²) in [4.78, 5) is 10.3. The van der Waals surface area contributed by atoms with Gasteiger partial charge in [0.15, 0.2) is 5.75 Å². The second-order valence-electron chi connectivity index (χ2n) is 2.76. The van der Waals surface area contributed by atoms with Gasteiger partial charge in [-0.3, -0.25) is 10.1 Å². The van der Waals surface area contributed by atoms with Crippen LogP contribution < -0.4 is 10.1 Å². The van der Waals surface area contributed by atoms with Gasteiger partial charge in [-0.05, 0) is 13.1 Å². The predicted octanol–water partition coefficient (Wildman–Crippen LogP) is 1.32. The van der Waals surface area contributed by atoms with E-state index in [0.29, 0.717) is 17.9 Å². The largest absolute Gasteiger partial charge is 0.490 e. The Morgan fingerprint density at radius 3 is 2.79 bits per heavy atom. The fourth-order valence-corrected chi connectivity index (χ4v) is 1.27. The number of nitrogens with zero attached hydrogens (tertiary/aromatic N) is 1. The minimum absolute atomic E-state index is 0.0318. The lowest BCUT2D eigenvalue weighted by atomic mass is 10.1. The van der Waals surface area contributed by atoms with Crippen molar-refractivity contribution in [2.45, 2.75) is 6.54 Å². The first-order valence-electron chi connectivity index (χ1n) is 4.15. The number of benzene rings is 1. The van der Waals surface area contributed by atoms with E-state index < -0.39 is 4.92 Å². The Kier molecular flexibility index (Phi) is 3.41. The molecule has 0 saturated carbocycles. The Bertz CT molecular complexity index is 339. The van der Waals surface area contributed by atoms with Gasteiger partial charge < -0.3 is 10.1 Å². The normalized spacial score (nSPS) is 9.86. The minimum atomic E-state index is -0.425. The van der Waals surface area contributed by atoms with Crippen LogP contribution in [-0.4, -0.2) is 19.1 Å². The van der Waals surface area contributed by atoms with E-state index in [-0.39, 0.29) is 5.69 Å². The van der Waals surface area contributed by atoms with Crippen molar-refractivity contribution < 1.29 is 9.66 Å². The van der Waals surface area contributed by atoms with Crippen LogP contribution in [0, 0.1) is 10.1 Å². The topological polar surface area (TPSA) is 64.4 Å². The van der Waals surface area contributed by atoms with E-state index >= 15 is 0 Å². The first-order chi connectivity index (χ1) is 6.70. The molecule has 1 aromatic carbocycles. The molecule has 0 heterocycles. The summed E-state index contributed by atoms with van der Waals surface area (Å²) in [5, 5.41) is 13.6. The Morgan fingerprint density at radius 1 is 1.57 bits per heavy atom. The molecule has 5 heteroatoms. The summed E-state index contributed by atoms with van der Waals surface area (Å²) in [5.41, 5.74) is 0.654. The van der Waals surface area contributed by atoms with Crippen molar-refractivity contribution in [3.05, 3.63) is 33.9 Å². The zero-order valence-corrected chi connectivity index (χ0v) is 8.11. The summed E-state index contributed by atoms with van der Waals surface area (Å²) in [6.45, 7) is 0.452. The van der Waals surface area contributed by atoms with Gasteiger partial charge >= 0.3 is 5.69 Å². The number of para-hydroxylation sites is 1. The van der Waals surface area contributed by atoms with E-state index in [0.717, 1.165) is 0 Å². The number of ether oxygens (including phenoxy) is 1. The summed E-state index contributed by atoms with van der Waals surface area (Å²) >= 11 is 0. The maximum Gasteiger partial charge on any atom is 0.315 e. The van der Waals surface area contributed by atoms with Gasteiger partial charge in [0.25, 0.3) is 0 Å². The smallest absolute Gasteiger partial charge is 0.315 e. The van der Waals surface area contributed by atoms with Crippen LogP contribution in [0.3, 0.4) is 0 Å². The van der Waals surface area contributed by atoms with Gasteiger partial charge in [-0.2, -0.15) is 0 Å². The predicted molar refractivity (Wildman–Crippen MR) is 52.4 cm³/mol. The van der Waals surface area contributed by atoms with Crippen LogP contribution in [0.1, 0.15) is 5.56 Å². The molecule has 0 spiro atoms. The Morgan fingerprint density at radius 2 is 2.29 bits per heavy atom. The zero-order chi connectivity index (χ0) is 10.6. The number of methoxy groups -OCH3 is 1. The van der Waals surface area contributed by atoms with E-state index in [1.54, 1.807) is 25.2 Å². The molecule has 0 fully saturated rings. The molecule has 0 aliphatic rings. The summed E-state index contributed by atoms with van der Waals surface area (Å²) in [5.74, 6) is 0.294. The van der Waals surface area contributed by atoms with E-state index in [1.165, 1.54) is 7.11 Å². The van der Waals surface area contributed by atoms with E-state index in [1.807, 2.05) is 0 Å². The van der Waals surface area contributed by atoms with Gasteiger partial charge in [0.2, 0.25) is 0 Å². The number of nitro groups is 1. The minimum Gasteiger partial charge on any atom is -0.490 e. The Balaban J connectivity index is 3.20. The lowest BCUT2D eigenvalue weighted by Crippen LogP contribution is -2.08. The van der Waals surface area contributed by atoms with E-state index in [9.17, 15) is 10.1 Å². The molecule has 0 aliphatic carbocycles. The molecule has 5 nitrogen and oxygen atoms in total. The number of hydrogen-bond donors (Lipinski definition) is 1. The van der Waals surface area contributed by atoms with Crippen LogP contribution in [0.5, 0.6) is 5.75 Å². The summed E-state index contributed by atoms with van der Waals surface area (Å²) < 4.78 is 4.92. The molecule has 0 aliphatic heterocycles. The van der Waals surface area contributed by atoms with Crippen LogP contribution in [0.4, 0.5) is 5.69 Å². The molecule has 0 unspecified atom stereocenters. The molecule has 14 heavy (non-hydrogen) atoms. The van der Waals surface area contributed by atoms with Gasteiger partial charge in [0.1, 0.15) is 0 Å². The molecule has 1 rings (SSSR count). The van der Waals surface area contributed by atoms with Gasteiger partial charge in [-0.1, -0.05) is 12.1 Å². The number of hydrogen-bond acceptors (Lipinski definition) is 4. The first kappa shape index (κ1) is 10.5. The molecular formula is C9H12N2O3. The third kappa shape index (κ3) is 2.00. The van der Waals surface area contributed by atoms with Crippen molar-refractivity contribution in [2.24, 2.45) is 0 Å². The van der Waals surface area contributed by atoms with Crippen LogP contribution in [0.25, 0.3) is 0 Å². The van der Waals surface area contributed by atoms with E-state index in [2.05, 4.69) is 5.32 Å². The monoisotopic (exact) mass is 196 g/mol. The van der Waals surface area contributed by atoms with Crippen molar-refractivity contribution in [3.63, 3.8) is 0 Å². The lowest BCUT2D eigenvalue weighted by Gasteiger charge is -2.05. The van der Waals surface area contributed by atoms with Gasteiger partial charge in [-0.15, -0.1) is 0 Å². The van der Waals surface area contributed by atoms with Crippen molar-refractivity contribution in [1.29, 1.82) is 0 Å². The molecule has 0 aromatic heterocycles. The van der Waals surface area contributed by atoms with Crippen molar-refractivity contribution in [2.75, 3.05) is 14.2 Å². The standard InChI is InChI=1S/C9H12N2O3/c1-10-6-7-4-3-5-8(14-2)9(7)11(12)13/h3-5,10H,6H2,1-2H3. The number of nitro benzene ring substituents is 1. The maximum absolute atomic E-state index is 10.8. The molecular weight excluding hydrogens is 184 g/mol. The quantitative estimate of drug-likeness (QED) is 0.582. The third-order valence-electron chi connectivity index (χ3n) is 1.85. The summed E-state index contributed by atoms with van der Waals surface area (Å²) in [6.07, 6.45) is 0. The average molecular weight is 196 g/mol. The van der Waals surface area contributed by atoms with Crippen molar-refractivity contribution >= 4 is 5.69 Å². The molecule has 1 N–H and O–H groups in total. The fourth-order valence-electron chi connectivity index (χ4n) is 1.27. The van der Waals surface area contributed by atoms with E-state index in [4.69, 9.17) is 4.74 Å². The average Bonchev–Trinajstić information content (AvgIpc) is 2.17. The SMILES string of the molecule is CNCc1cccc(OC)c1[N+](=O)[O-]. The van der Waals surface area contributed by atoms with Gasteiger partial charge in [0, 0.05) is 12.1 Å². The Hall–Kier alpha value is -1.62. The molecule has 76 valence electrons. The molecule has 1 aromatic rings. The second-order valence-corrected chi connectivity index (χ2v) is 2.76. The van der Waals surface area contributed by atoms with Gasteiger partial charge in [0.05, 0.1) is 12.0 Å². The summed E-state index contributed by atoms with van der Waals surface area (Å²) in [7, 11) is 3.16. The highest BCUT2D eigenvalue weighted by molar-refractivity contribution is 5.52. The maximum atomic E-state index is 10.8. The molecule has 0 amide bonds. The zero-order valence-electron chi connectivity index (χ0n) is 8.11. The number of rotatable bonds is 4. The Labute approximate surface area is 81.8 Å². The van der Waals surface area contributed by atoms with Crippen LogP contribution in [0.2, 0.25) is 0 Å². The van der Waals surface area contributed by atoms with Crippen LogP contribution >= 0.6 is 0 Å². The van der Waals surface area contributed by atoms with Crippen molar-refractivity contribution in [3.8, 4) is 5.75 Å². The van der Waals surface area contributed by atoms with Crippen LogP contribution in [-0.2, 0) is 6.54 Å². The molecule has 0 saturated heterocycles. The molecule has 0 bridgehead atoms. The number of nitrogens with one attached hydrogen (secondary N) is 1. The first-order valence-corrected chi connectivity index (χ1v) is 4.15. The molecule has 0 atom stereocenters.